The van der Waals surface area contributed by atoms with Crippen molar-refractivity contribution < 1.29 is 14.3 Å². The fourth-order valence-corrected chi connectivity index (χ4v) is 3.68. The van der Waals surface area contributed by atoms with Gasteiger partial charge in [-0.3, -0.25) is 9.79 Å². The van der Waals surface area contributed by atoms with Crippen LogP contribution in [0.2, 0.25) is 0 Å². The predicted octanol–water partition coefficient (Wildman–Crippen LogP) is 2.62. The third-order valence-corrected chi connectivity index (χ3v) is 4.65. The van der Waals surface area contributed by atoms with Crippen LogP contribution in [0.5, 0.6) is 0 Å². The number of carbonyl (C=O) groups excluding carboxylic acids is 1. The Morgan fingerprint density at radius 1 is 1.40 bits per heavy atom. The molecular weight excluding hydrogens is 274 g/mol. The highest BCUT2D eigenvalue weighted by Gasteiger charge is 2.37. The maximum atomic E-state index is 10.8. The van der Waals surface area contributed by atoms with Crippen LogP contribution in [0.15, 0.2) is 35.3 Å². The summed E-state index contributed by atoms with van der Waals surface area (Å²) in [5, 5.41) is 1.05. The molecule has 106 valence electrons. The van der Waals surface area contributed by atoms with Crippen molar-refractivity contribution in [2.45, 2.75) is 37.3 Å². The van der Waals surface area contributed by atoms with E-state index >= 15 is 0 Å². The Morgan fingerprint density at radius 3 is 2.95 bits per heavy atom. The molecule has 3 atom stereocenters. The second-order valence-corrected chi connectivity index (χ2v) is 6.08. The summed E-state index contributed by atoms with van der Waals surface area (Å²) < 4.78 is 11.0. The van der Waals surface area contributed by atoms with Crippen LogP contribution in [-0.4, -0.2) is 35.2 Å². The Bertz CT molecular complexity index is 517. The molecule has 0 amide bonds. The van der Waals surface area contributed by atoms with Crippen molar-refractivity contribution in [3.05, 3.63) is 35.9 Å². The smallest absolute Gasteiger partial charge is 0.302 e. The van der Waals surface area contributed by atoms with E-state index in [0.29, 0.717) is 6.61 Å². The third-order valence-electron chi connectivity index (χ3n) is 3.43. The molecule has 2 heterocycles. The van der Waals surface area contributed by atoms with Crippen molar-refractivity contribution >= 4 is 22.8 Å². The first-order valence-corrected chi connectivity index (χ1v) is 7.69. The van der Waals surface area contributed by atoms with Crippen molar-refractivity contribution in [1.29, 1.82) is 0 Å². The summed E-state index contributed by atoms with van der Waals surface area (Å²) in [6, 6.07) is 10.4. The number of hydrogen-bond acceptors (Lipinski definition) is 5. The summed E-state index contributed by atoms with van der Waals surface area (Å²) in [5.41, 5.74) is 1.20. The first-order chi connectivity index (χ1) is 9.72. The van der Waals surface area contributed by atoms with E-state index < -0.39 is 0 Å². The van der Waals surface area contributed by atoms with Crippen LogP contribution in [0.4, 0.5) is 0 Å². The summed E-state index contributed by atoms with van der Waals surface area (Å²) >= 11 is 1.67. The van der Waals surface area contributed by atoms with Crippen LogP contribution in [0.1, 0.15) is 25.3 Å². The maximum Gasteiger partial charge on any atom is 0.302 e. The van der Waals surface area contributed by atoms with Gasteiger partial charge >= 0.3 is 5.97 Å². The molecule has 1 aromatic carbocycles. The molecule has 0 bridgehead atoms. The van der Waals surface area contributed by atoms with Gasteiger partial charge in [0.2, 0.25) is 0 Å². The fourth-order valence-electron chi connectivity index (χ4n) is 2.42. The first kappa shape index (κ1) is 13.6. The summed E-state index contributed by atoms with van der Waals surface area (Å²) in [5.74, 6) is -0.254. The maximum absolute atomic E-state index is 10.8. The molecule has 2 aliphatic heterocycles. The van der Waals surface area contributed by atoms with E-state index in [1.54, 1.807) is 11.8 Å². The van der Waals surface area contributed by atoms with Gasteiger partial charge in [0.05, 0.1) is 12.1 Å². The number of fused-ring (bicyclic) bond motifs is 1. The van der Waals surface area contributed by atoms with Crippen LogP contribution < -0.4 is 0 Å². The molecule has 2 aliphatic rings. The molecule has 0 N–H and O–H groups in total. The molecular formula is C15H17NO3S. The second kappa shape index (κ2) is 5.97. The van der Waals surface area contributed by atoms with Gasteiger partial charge in [-0.25, -0.2) is 0 Å². The van der Waals surface area contributed by atoms with Gasteiger partial charge in [-0.1, -0.05) is 42.1 Å². The molecule has 1 unspecified atom stereocenters. The van der Waals surface area contributed by atoms with Crippen molar-refractivity contribution in [2.24, 2.45) is 4.99 Å². The van der Waals surface area contributed by atoms with Gasteiger partial charge in [0.15, 0.2) is 0 Å². The van der Waals surface area contributed by atoms with E-state index in [1.165, 1.54) is 6.92 Å². The van der Waals surface area contributed by atoms with Crippen LogP contribution in [0, 0.1) is 0 Å². The zero-order valence-electron chi connectivity index (χ0n) is 11.3. The number of thioether (sulfide) groups is 1. The minimum atomic E-state index is -0.254. The molecule has 20 heavy (non-hydrogen) atoms. The quantitative estimate of drug-likeness (QED) is 0.803. The molecule has 4 nitrogen and oxygen atoms in total. The highest BCUT2D eigenvalue weighted by molar-refractivity contribution is 8.15. The molecule has 0 spiro atoms. The van der Waals surface area contributed by atoms with Crippen LogP contribution in [0.25, 0.3) is 0 Å². The standard InChI is InChI=1S/C15H17NO3S/c1-10(17)18-9-12-7-8-13-15(19-12)20-14(16-13)11-5-3-2-4-6-11/h2-6,12-13,15H,7-9H2,1H3/t12?,13-,15-/m1/s1. The lowest BCUT2D eigenvalue weighted by molar-refractivity contribution is -0.147. The van der Waals surface area contributed by atoms with Gasteiger partial charge in [-0.15, -0.1) is 0 Å². The molecule has 0 aromatic heterocycles. The lowest BCUT2D eigenvalue weighted by Crippen LogP contribution is -2.36. The molecule has 1 fully saturated rings. The molecule has 0 aliphatic carbocycles. The monoisotopic (exact) mass is 291 g/mol. The largest absolute Gasteiger partial charge is 0.463 e. The zero-order chi connectivity index (χ0) is 13.9. The van der Waals surface area contributed by atoms with Gasteiger partial charge in [-0.2, -0.15) is 0 Å². The van der Waals surface area contributed by atoms with Crippen molar-refractivity contribution in [3.8, 4) is 0 Å². The third kappa shape index (κ3) is 3.04. The van der Waals surface area contributed by atoms with Gasteiger partial charge in [-0.05, 0) is 12.8 Å². The molecule has 0 radical (unpaired) electrons. The number of hydrogen-bond donors (Lipinski definition) is 0. The lowest BCUT2D eigenvalue weighted by atomic mass is 10.1. The second-order valence-electron chi connectivity index (χ2n) is 4.99. The average Bonchev–Trinajstić information content (AvgIpc) is 2.89. The van der Waals surface area contributed by atoms with Crippen LogP contribution in [-0.2, 0) is 14.3 Å². The Hall–Kier alpha value is -1.33. The van der Waals surface area contributed by atoms with E-state index in [-0.39, 0.29) is 23.6 Å². The van der Waals surface area contributed by atoms with E-state index in [0.717, 1.165) is 23.4 Å². The molecule has 3 rings (SSSR count). The van der Waals surface area contributed by atoms with Crippen molar-refractivity contribution in [2.75, 3.05) is 6.61 Å². The zero-order valence-corrected chi connectivity index (χ0v) is 12.1. The average molecular weight is 291 g/mol. The van der Waals surface area contributed by atoms with Gasteiger partial charge in [0, 0.05) is 12.5 Å². The van der Waals surface area contributed by atoms with Gasteiger partial charge in [0.25, 0.3) is 0 Å². The van der Waals surface area contributed by atoms with E-state index in [1.807, 2.05) is 18.2 Å². The number of esters is 1. The Balaban J connectivity index is 1.61. The van der Waals surface area contributed by atoms with Crippen molar-refractivity contribution in [1.82, 2.24) is 0 Å². The molecule has 5 heteroatoms. The summed E-state index contributed by atoms with van der Waals surface area (Å²) in [7, 11) is 0. The Morgan fingerprint density at radius 2 is 2.20 bits per heavy atom. The normalized spacial score (nSPS) is 28.6. The number of nitrogens with zero attached hydrogens (tertiary/aromatic N) is 1. The topological polar surface area (TPSA) is 47.9 Å². The van der Waals surface area contributed by atoms with E-state index in [4.69, 9.17) is 14.5 Å². The number of carbonyl (C=O) groups is 1. The minimum Gasteiger partial charge on any atom is -0.463 e. The SMILES string of the molecule is CC(=O)OCC1CC[C@H]2N=C(c3ccccc3)S[C@H]2O1. The summed E-state index contributed by atoms with van der Waals surface area (Å²) in [6.45, 7) is 1.77. The number of rotatable bonds is 3. The Kier molecular flexibility index (Phi) is 4.08. The highest BCUT2D eigenvalue weighted by Crippen LogP contribution is 2.37. The molecule has 1 aromatic rings. The van der Waals surface area contributed by atoms with Crippen LogP contribution in [0.3, 0.4) is 0 Å². The van der Waals surface area contributed by atoms with Crippen molar-refractivity contribution in [3.63, 3.8) is 0 Å². The van der Waals surface area contributed by atoms with Gasteiger partial charge in [0.1, 0.15) is 17.1 Å². The number of aliphatic imine (C=N–C) groups is 1. The first-order valence-electron chi connectivity index (χ1n) is 6.81. The van der Waals surface area contributed by atoms with E-state index in [2.05, 4.69) is 12.1 Å². The molecule has 0 saturated carbocycles. The van der Waals surface area contributed by atoms with Crippen LogP contribution >= 0.6 is 11.8 Å². The lowest BCUT2D eigenvalue weighted by Gasteiger charge is -2.30. The number of ether oxygens (including phenoxy) is 2. The summed E-state index contributed by atoms with van der Waals surface area (Å²) in [4.78, 5) is 15.6. The minimum absolute atomic E-state index is 0.00188. The molecule has 1 saturated heterocycles. The highest BCUT2D eigenvalue weighted by atomic mass is 32.2. The van der Waals surface area contributed by atoms with E-state index in [9.17, 15) is 4.79 Å². The predicted molar refractivity (Wildman–Crippen MR) is 78.9 cm³/mol. The Labute approximate surface area is 122 Å². The summed E-state index contributed by atoms with van der Waals surface area (Å²) in [6.07, 6.45) is 1.87. The fraction of sp³-hybridized carbons (Fsp3) is 0.467. The van der Waals surface area contributed by atoms with Gasteiger partial charge < -0.3 is 9.47 Å². The number of benzene rings is 1.